The van der Waals surface area contributed by atoms with Gasteiger partial charge in [-0.3, -0.25) is 9.69 Å². The summed E-state index contributed by atoms with van der Waals surface area (Å²) in [5.74, 6) is 0.726. The molecule has 6 heteroatoms. The highest BCUT2D eigenvalue weighted by Gasteiger charge is 2.21. The standard InChI is InChI=1S/C16H25N3O.2ClH/c1-12(2)7-9-19-10-13-4-3-5-15(14(13)11-19)18-16(20)6-8-17;;/h3-5,12H,6-11,17H2,1-2H3,(H,18,20);2*1H. The quantitative estimate of drug-likeness (QED) is 0.830. The smallest absolute Gasteiger partial charge is 0.225 e. The summed E-state index contributed by atoms with van der Waals surface area (Å²) in [5, 5.41) is 2.98. The molecule has 0 unspecified atom stereocenters. The number of anilines is 1. The molecule has 22 heavy (non-hydrogen) atoms. The summed E-state index contributed by atoms with van der Waals surface area (Å²) in [6.45, 7) is 7.93. The third kappa shape index (κ3) is 5.76. The number of carbonyl (C=O) groups excluding carboxylic acids is 1. The Morgan fingerprint density at radius 1 is 1.32 bits per heavy atom. The van der Waals surface area contributed by atoms with Crippen molar-refractivity contribution in [3.8, 4) is 0 Å². The van der Waals surface area contributed by atoms with E-state index < -0.39 is 0 Å². The van der Waals surface area contributed by atoms with Crippen molar-refractivity contribution in [3.63, 3.8) is 0 Å². The molecule has 0 saturated heterocycles. The van der Waals surface area contributed by atoms with Crippen molar-refractivity contribution in [2.45, 2.75) is 39.8 Å². The van der Waals surface area contributed by atoms with Crippen LogP contribution in [0.2, 0.25) is 0 Å². The van der Waals surface area contributed by atoms with E-state index in [9.17, 15) is 4.79 Å². The largest absolute Gasteiger partial charge is 0.330 e. The van der Waals surface area contributed by atoms with Crippen molar-refractivity contribution in [2.24, 2.45) is 11.7 Å². The van der Waals surface area contributed by atoms with Crippen LogP contribution in [0.4, 0.5) is 5.69 Å². The number of hydrogen-bond acceptors (Lipinski definition) is 3. The van der Waals surface area contributed by atoms with Crippen molar-refractivity contribution >= 4 is 36.4 Å². The van der Waals surface area contributed by atoms with Crippen molar-refractivity contribution < 1.29 is 4.79 Å². The zero-order chi connectivity index (χ0) is 14.5. The van der Waals surface area contributed by atoms with E-state index in [2.05, 4.69) is 30.1 Å². The molecular weight excluding hydrogens is 321 g/mol. The van der Waals surface area contributed by atoms with Crippen LogP contribution in [-0.2, 0) is 17.9 Å². The molecule has 3 N–H and O–H groups in total. The lowest BCUT2D eigenvalue weighted by molar-refractivity contribution is -0.116. The molecule has 126 valence electrons. The van der Waals surface area contributed by atoms with E-state index in [0.717, 1.165) is 31.2 Å². The fraction of sp³-hybridized carbons (Fsp3) is 0.562. The molecule has 1 amide bonds. The van der Waals surface area contributed by atoms with Crippen LogP contribution in [-0.4, -0.2) is 23.9 Å². The van der Waals surface area contributed by atoms with Gasteiger partial charge in [-0.1, -0.05) is 26.0 Å². The average molecular weight is 348 g/mol. The summed E-state index contributed by atoms with van der Waals surface area (Å²) in [6, 6.07) is 6.16. The number of benzene rings is 1. The summed E-state index contributed by atoms with van der Waals surface area (Å²) in [5.41, 5.74) is 8.97. The Labute approximate surface area is 145 Å². The Bertz CT molecular complexity index is 480. The normalized spacial score (nSPS) is 13.3. The summed E-state index contributed by atoms with van der Waals surface area (Å²) in [4.78, 5) is 14.2. The number of nitrogens with two attached hydrogens (primary N) is 1. The number of rotatable bonds is 6. The first-order valence-corrected chi connectivity index (χ1v) is 7.43. The van der Waals surface area contributed by atoms with Crippen LogP contribution in [0.3, 0.4) is 0 Å². The highest BCUT2D eigenvalue weighted by Crippen LogP contribution is 2.29. The Morgan fingerprint density at radius 2 is 2.05 bits per heavy atom. The molecule has 1 aliphatic rings. The summed E-state index contributed by atoms with van der Waals surface area (Å²) in [7, 11) is 0. The van der Waals surface area contributed by atoms with Gasteiger partial charge in [0.05, 0.1) is 0 Å². The molecule has 0 radical (unpaired) electrons. The first-order valence-electron chi connectivity index (χ1n) is 7.43. The number of carbonyl (C=O) groups is 1. The first kappa shape index (κ1) is 21.2. The van der Waals surface area contributed by atoms with E-state index in [4.69, 9.17) is 5.73 Å². The molecular formula is C16H27Cl2N3O. The first-order chi connectivity index (χ1) is 9.60. The van der Waals surface area contributed by atoms with Gasteiger partial charge in [-0.15, -0.1) is 24.8 Å². The van der Waals surface area contributed by atoms with Gasteiger partial charge >= 0.3 is 0 Å². The van der Waals surface area contributed by atoms with Crippen LogP contribution >= 0.6 is 24.8 Å². The minimum Gasteiger partial charge on any atom is -0.330 e. The second-order valence-electron chi connectivity index (χ2n) is 5.92. The lowest BCUT2D eigenvalue weighted by Gasteiger charge is -2.16. The molecule has 0 aliphatic carbocycles. The number of nitrogens with one attached hydrogen (secondary N) is 1. The molecule has 1 aromatic rings. The molecule has 1 heterocycles. The molecule has 0 fully saturated rings. The van der Waals surface area contributed by atoms with Gasteiger partial charge in [0.15, 0.2) is 0 Å². The van der Waals surface area contributed by atoms with Crippen LogP contribution in [0.5, 0.6) is 0 Å². The van der Waals surface area contributed by atoms with Gasteiger partial charge in [0.25, 0.3) is 0 Å². The lowest BCUT2D eigenvalue weighted by Crippen LogP contribution is -2.20. The molecule has 1 aliphatic heterocycles. The minimum absolute atomic E-state index is 0. The Morgan fingerprint density at radius 3 is 2.68 bits per heavy atom. The maximum absolute atomic E-state index is 11.7. The third-order valence-corrected chi connectivity index (χ3v) is 3.72. The van der Waals surface area contributed by atoms with Crippen molar-refractivity contribution in [2.75, 3.05) is 18.4 Å². The number of fused-ring (bicyclic) bond motifs is 1. The number of nitrogens with zero attached hydrogens (tertiary/aromatic N) is 1. The van der Waals surface area contributed by atoms with E-state index in [1.54, 1.807) is 0 Å². The zero-order valence-corrected chi connectivity index (χ0v) is 14.9. The molecule has 0 aromatic heterocycles. The molecule has 2 rings (SSSR count). The summed E-state index contributed by atoms with van der Waals surface area (Å²) >= 11 is 0. The summed E-state index contributed by atoms with van der Waals surface area (Å²) in [6.07, 6.45) is 1.59. The lowest BCUT2D eigenvalue weighted by atomic mass is 10.1. The second-order valence-corrected chi connectivity index (χ2v) is 5.92. The third-order valence-electron chi connectivity index (χ3n) is 3.72. The van der Waals surface area contributed by atoms with Crippen molar-refractivity contribution in [1.29, 1.82) is 0 Å². The van der Waals surface area contributed by atoms with Crippen molar-refractivity contribution in [1.82, 2.24) is 4.90 Å². The number of halogens is 2. The molecule has 0 bridgehead atoms. The highest BCUT2D eigenvalue weighted by molar-refractivity contribution is 5.91. The molecule has 0 spiro atoms. The topological polar surface area (TPSA) is 58.4 Å². The van der Waals surface area contributed by atoms with Gasteiger partial charge in [-0.25, -0.2) is 0 Å². The van der Waals surface area contributed by atoms with Gasteiger partial charge in [0, 0.05) is 31.7 Å². The number of hydrogen-bond donors (Lipinski definition) is 2. The van der Waals surface area contributed by atoms with Gasteiger partial charge in [0.2, 0.25) is 5.91 Å². The van der Waals surface area contributed by atoms with Crippen LogP contribution in [0, 0.1) is 5.92 Å². The Kier molecular flexibility index (Phi) is 9.69. The molecule has 1 aromatic carbocycles. The number of amides is 1. The highest BCUT2D eigenvalue weighted by atomic mass is 35.5. The molecule has 0 atom stereocenters. The van der Waals surface area contributed by atoms with E-state index in [-0.39, 0.29) is 30.7 Å². The Balaban J connectivity index is 0.00000220. The van der Waals surface area contributed by atoms with E-state index in [1.807, 2.05) is 12.1 Å². The fourth-order valence-electron chi connectivity index (χ4n) is 2.55. The zero-order valence-electron chi connectivity index (χ0n) is 13.3. The molecule has 0 saturated carbocycles. The van der Waals surface area contributed by atoms with Gasteiger partial charge in [0.1, 0.15) is 0 Å². The SMILES string of the molecule is CC(C)CCN1Cc2cccc(NC(=O)CCN)c2C1.Cl.Cl. The summed E-state index contributed by atoms with van der Waals surface area (Å²) < 4.78 is 0. The van der Waals surface area contributed by atoms with E-state index >= 15 is 0 Å². The van der Waals surface area contributed by atoms with E-state index in [0.29, 0.717) is 13.0 Å². The van der Waals surface area contributed by atoms with Crippen LogP contribution in [0.15, 0.2) is 18.2 Å². The predicted molar refractivity (Wildman–Crippen MR) is 96.8 cm³/mol. The predicted octanol–water partition coefficient (Wildman–Crippen LogP) is 3.18. The van der Waals surface area contributed by atoms with Gasteiger partial charge < -0.3 is 11.1 Å². The van der Waals surface area contributed by atoms with Crippen LogP contribution in [0.25, 0.3) is 0 Å². The van der Waals surface area contributed by atoms with E-state index in [1.165, 1.54) is 17.5 Å². The van der Waals surface area contributed by atoms with Crippen LogP contribution in [0.1, 0.15) is 37.8 Å². The second kappa shape index (κ2) is 10.1. The monoisotopic (exact) mass is 347 g/mol. The maximum Gasteiger partial charge on any atom is 0.225 e. The maximum atomic E-state index is 11.7. The molecule has 4 nitrogen and oxygen atoms in total. The van der Waals surface area contributed by atoms with Crippen LogP contribution < -0.4 is 11.1 Å². The Hall–Kier alpha value is -0.810. The van der Waals surface area contributed by atoms with Crippen molar-refractivity contribution in [3.05, 3.63) is 29.3 Å². The average Bonchev–Trinajstić information content (AvgIpc) is 2.81. The fourth-order valence-corrected chi connectivity index (χ4v) is 2.55. The van der Waals surface area contributed by atoms with Gasteiger partial charge in [-0.05, 0) is 36.1 Å². The van der Waals surface area contributed by atoms with Gasteiger partial charge in [-0.2, -0.15) is 0 Å². The minimum atomic E-state index is 0.